The summed E-state index contributed by atoms with van der Waals surface area (Å²) >= 11 is 3.18. The van der Waals surface area contributed by atoms with Crippen molar-refractivity contribution < 1.29 is 14.1 Å². The summed E-state index contributed by atoms with van der Waals surface area (Å²) < 4.78 is 10.8. The maximum atomic E-state index is 12.8. The van der Waals surface area contributed by atoms with Crippen LogP contribution in [0.2, 0.25) is 0 Å². The number of ether oxygens (including phenoxy) is 1. The Bertz CT molecular complexity index is 1130. The number of fused-ring (bicyclic) bond motifs is 1. The molecule has 0 bridgehead atoms. The molecule has 0 atom stereocenters. The lowest BCUT2D eigenvalue weighted by Gasteiger charge is -2.06. The second-order valence-electron chi connectivity index (χ2n) is 6.55. The van der Waals surface area contributed by atoms with E-state index in [9.17, 15) is 4.79 Å². The lowest BCUT2D eigenvalue weighted by molar-refractivity contribution is 0.0470. The molecule has 1 aliphatic carbocycles. The van der Waals surface area contributed by atoms with E-state index < -0.39 is 5.97 Å². The zero-order chi connectivity index (χ0) is 18.4. The topological polar surface area (TPSA) is 78.1 Å². The minimum atomic E-state index is -0.402. The van der Waals surface area contributed by atoms with Gasteiger partial charge in [-0.15, -0.1) is 11.3 Å². The largest absolute Gasteiger partial charge is 0.456 e. The van der Waals surface area contributed by atoms with Crippen LogP contribution >= 0.6 is 22.7 Å². The smallest absolute Gasteiger partial charge is 0.339 e. The van der Waals surface area contributed by atoms with E-state index in [-0.39, 0.29) is 6.61 Å². The van der Waals surface area contributed by atoms with E-state index >= 15 is 0 Å². The van der Waals surface area contributed by atoms with Crippen molar-refractivity contribution in [2.75, 3.05) is 0 Å². The van der Waals surface area contributed by atoms with Crippen molar-refractivity contribution in [2.45, 2.75) is 32.3 Å². The first kappa shape index (κ1) is 16.6. The Kier molecular flexibility index (Phi) is 4.02. The normalized spacial score (nSPS) is 14.0. The van der Waals surface area contributed by atoms with Gasteiger partial charge in [0, 0.05) is 27.9 Å². The Morgan fingerprint density at radius 1 is 1.33 bits per heavy atom. The SMILES string of the molecule is Cc1noc2nc(C3CC3)cc(C(=O)OCc3csc(-c4ccsc4)n3)c12. The molecular formula is C19H15N3O3S2. The molecule has 8 heteroatoms. The third-order valence-electron chi connectivity index (χ3n) is 4.52. The van der Waals surface area contributed by atoms with Gasteiger partial charge in [0.05, 0.1) is 22.3 Å². The zero-order valence-electron chi connectivity index (χ0n) is 14.5. The maximum absolute atomic E-state index is 12.8. The molecule has 136 valence electrons. The molecule has 0 radical (unpaired) electrons. The molecule has 0 aromatic carbocycles. The van der Waals surface area contributed by atoms with E-state index in [2.05, 4.69) is 20.5 Å². The standard InChI is InChI=1S/C19H15N3O3S2/c1-10-16-14(6-15(11-2-3-11)21-17(16)25-22-10)19(23)24-7-13-9-27-18(20-13)12-4-5-26-8-12/h4-6,8-9,11H,2-3,7H2,1H3. The van der Waals surface area contributed by atoms with Crippen LogP contribution in [0.3, 0.4) is 0 Å². The van der Waals surface area contributed by atoms with Gasteiger partial charge in [0.15, 0.2) is 0 Å². The van der Waals surface area contributed by atoms with Gasteiger partial charge in [0.25, 0.3) is 5.71 Å². The molecule has 1 aliphatic rings. The van der Waals surface area contributed by atoms with E-state index in [1.54, 1.807) is 29.6 Å². The van der Waals surface area contributed by atoms with E-state index in [0.717, 1.165) is 34.8 Å². The fourth-order valence-corrected chi connectivity index (χ4v) is 4.49. The molecule has 1 fully saturated rings. The molecule has 4 aromatic rings. The molecule has 0 aliphatic heterocycles. The molecule has 5 rings (SSSR count). The molecule has 4 aromatic heterocycles. The Labute approximate surface area is 162 Å². The zero-order valence-corrected chi connectivity index (χ0v) is 16.1. The number of aromatic nitrogens is 3. The number of hydrogen-bond acceptors (Lipinski definition) is 8. The van der Waals surface area contributed by atoms with Gasteiger partial charge in [-0.1, -0.05) is 5.16 Å². The van der Waals surface area contributed by atoms with E-state index in [4.69, 9.17) is 9.26 Å². The van der Waals surface area contributed by atoms with Crippen LogP contribution in [0.5, 0.6) is 0 Å². The van der Waals surface area contributed by atoms with Crippen LogP contribution < -0.4 is 0 Å². The minimum Gasteiger partial charge on any atom is -0.456 e. The van der Waals surface area contributed by atoms with Gasteiger partial charge in [0.2, 0.25) is 0 Å². The van der Waals surface area contributed by atoms with Crippen LogP contribution in [0, 0.1) is 6.92 Å². The molecule has 0 saturated heterocycles. The van der Waals surface area contributed by atoms with Gasteiger partial charge in [0.1, 0.15) is 11.6 Å². The number of carbonyl (C=O) groups is 1. The van der Waals surface area contributed by atoms with Gasteiger partial charge < -0.3 is 9.26 Å². The summed E-state index contributed by atoms with van der Waals surface area (Å²) in [6.07, 6.45) is 2.18. The molecule has 0 N–H and O–H groups in total. The number of thiophene rings is 1. The molecular weight excluding hydrogens is 382 g/mol. The number of pyridine rings is 1. The lowest BCUT2D eigenvalue weighted by Crippen LogP contribution is -2.08. The van der Waals surface area contributed by atoms with Crippen molar-refractivity contribution in [2.24, 2.45) is 0 Å². The van der Waals surface area contributed by atoms with Crippen molar-refractivity contribution in [1.82, 2.24) is 15.1 Å². The van der Waals surface area contributed by atoms with Crippen LogP contribution in [0.4, 0.5) is 0 Å². The van der Waals surface area contributed by atoms with Crippen molar-refractivity contribution in [3.8, 4) is 10.6 Å². The quantitative estimate of drug-likeness (QED) is 0.443. The summed E-state index contributed by atoms with van der Waals surface area (Å²) in [5.74, 6) is -0.00116. The highest BCUT2D eigenvalue weighted by Gasteiger charge is 2.29. The Morgan fingerprint density at radius 3 is 3.00 bits per heavy atom. The van der Waals surface area contributed by atoms with Gasteiger partial charge in [-0.3, -0.25) is 0 Å². The first-order valence-corrected chi connectivity index (χ1v) is 10.4. The summed E-state index contributed by atoms with van der Waals surface area (Å²) in [6.45, 7) is 1.93. The summed E-state index contributed by atoms with van der Waals surface area (Å²) in [5, 5.41) is 11.5. The second-order valence-corrected chi connectivity index (χ2v) is 8.19. The predicted octanol–water partition coefficient (Wildman–Crippen LogP) is 4.95. The van der Waals surface area contributed by atoms with Gasteiger partial charge in [-0.2, -0.15) is 11.3 Å². The monoisotopic (exact) mass is 397 g/mol. The molecule has 0 amide bonds. The number of thiazole rings is 1. The van der Waals surface area contributed by atoms with E-state index in [1.165, 1.54) is 0 Å². The second kappa shape index (κ2) is 6.54. The van der Waals surface area contributed by atoms with Crippen molar-refractivity contribution >= 4 is 39.7 Å². The summed E-state index contributed by atoms with van der Waals surface area (Å²) in [4.78, 5) is 21.8. The average Bonchev–Trinajstić information content (AvgIpc) is 3.07. The van der Waals surface area contributed by atoms with Crippen LogP contribution in [0.25, 0.3) is 21.7 Å². The fraction of sp³-hybridized carbons (Fsp3) is 0.263. The Morgan fingerprint density at radius 2 is 2.22 bits per heavy atom. The number of nitrogens with zero attached hydrogens (tertiary/aromatic N) is 3. The van der Waals surface area contributed by atoms with Crippen LogP contribution in [0.15, 0.2) is 32.8 Å². The highest BCUT2D eigenvalue weighted by atomic mass is 32.1. The molecule has 0 unspecified atom stereocenters. The van der Waals surface area contributed by atoms with Crippen molar-refractivity contribution in [3.63, 3.8) is 0 Å². The number of rotatable bonds is 5. The summed E-state index contributed by atoms with van der Waals surface area (Å²) in [7, 11) is 0. The Balaban J connectivity index is 1.39. The first-order chi connectivity index (χ1) is 13.2. The molecule has 0 spiro atoms. The summed E-state index contributed by atoms with van der Waals surface area (Å²) in [5.41, 5.74) is 4.21. The molecule has 27 heavy (non-hydrogen) atoms. The van der Waals surface area contributed by atoms with Gasteiger partial charge in [-0.25, -0.2) is 14.8 Å². The first-order valence-electron chi connectivity index (χ1n) is 8.60. The number of carbonyl (C=O) groups excluding carboxylic acids is 1. The average molecular weight is 397 g/mol. The maximum Gasteiger partial charge on any atom is 0.339 e. The van der Waals surface area contributed by atoms with Crippen LogP contribution in [-0.2, 0) is 11.3 Å². The van der Waals surface area contributed by atoms with E-state index in [0.29, 0.717) is 28.3 Å². The highest BCUT2D eigenvalue weighted by molar-refractivity contribution is 7.14. The lowest BCUT2D eigenvalue weighted by atomic mass is 10.1. The van der Waals surface area contributed by atoms with Gasteiger partial charge in [-0.05, 0) is 37.3 Å². The van der Waals surface area contributed by atoms with E-state index in [1.807, 2.05) is 22.9 Å². The molecule has 1 saturated carbocycles. The third kappa shape index (κ3) is 3.15. The third-order valence-corrected chi connectivity index (χ3v) is 6.15. The highest BCUT2D eigenvalue weighted by Crippen LogP contribution is 2.40. The molecule has 4 heterocycles. The Hall–Kier alpha value is -2.58. The van der Waals surface area contributed by atoms with Crippen LogP contribution in [0.1, 0.15) is 46.2 Å². The van der Waals surface area contributed by atoms with Gasteiger partial charge >= 0.3 is 5.97 Å². The number of hydrogen-bond donors (Lipinski definition) is 0. The van der Waals surface area contributed by atoms with Crippen molar-refractivity contribution in [1.29, 1.82) is 0 Å². The van der Waals surface area contributed by atoms with Crippen LogP contribution in [-0.4, -0.2) is 21.1 Å². The summed E-state index contributed by atoms with van der Waals surface area (Å²) in [6, 6.07) is 3.85. The fourth-order valence-electron chi connectivity index (χ4n) is 2.97. The predicted molar refractivity (Wildman–Crippen MR) is 103 cm³/mol. The minimum absolute atomic E-state index is 0.131. The van der Waals surface area contributed by atoms with Crippen molar-refractivity contribution in [3.05, 3.63) is 50.9 Å². The number of aryl methyl sites for hydroxylation is 1. The molecule has 6 nitrogen and oxygen atoms in total. The number of esters is 1.